The summed E-state index contributed by atoms with van der Waals surface area (Å²) in [6.45, 7) is 11.4. The Kier molecular flexibility index (Phi) is 5.30. The second kappa shape index (κ2) is 8.27. The summed E-state index contributed by atoms with van der Waals surface area (Å²) < 4.78 is 0. The van der Waals surface area contributed by atoms with Crippen molar-refractivity contribution in [3.63, 3.8) is 0 Å². The molecule has 4 atom stereocenters. The van der Waals surface area contributed by atoms with Crippen LogP contribution < -0.4 is 5.19 Å². The molecule has 0 bridgehead atoms. The SMILES string of the molecule is Cc1c(-c2c(O)ccc3c2CC[C@@H]2[C@@H]3CC[C@]3(C)C(=O)CC[C@@H]23)cc2c(c1[Si](C)(C)C)C(=O)c1ccccc1-2. The number of fused-ring (bicyclic) bond motifs is 8. The first-order valence-electron chi connectivity index (χ1n) is 14.7. The maximum atomic E-state index is 13.7. The number of phenolic OH excluding ortho intramolecular Hbond substituents is 1. The molecule has 0 unspecified atom stereocenters. The Morgan fingerprint density at radius 1 is 0.872 bits per heavy atom. The molecule has 4 aliphatic carbocycles. The molecule has 4 heteroatoms. The van der Waals surface area contributed by atoms with Crippen LogP contribution in [0.3, 0.4) is 0 Å². The van der Waals surface area contributed by atoms with E-state index in [2.05, 4.69) is 51.7 Å². The van der Waals surface area contributed by atoms with Crippen molar-refractivity contribution in [2.24, 2.45) is 17.3 Å². The third-order valence-corrected chi connectivity index (χ3v) is 13.0. The number of benzene rings is 3. The highest BCUT2D eigenvalue weighted by Gasteiger charge is 2.54. The summed E-state index contributed by atoms with van der Waals surface area (Å²) in [5.41, 5.74) is 9.45. The van der Waals surface area contributed by atoms with Crippen LogP contribution >= 0.6 is 0 Å². The van der Waals surface area contributed by atoms with Crippen molar-refractivity contribution in [1.29, 1.82) is 0 Å². The second-order valence-electron chi connectivity index (χ2n) is 13.8. The van der Waals surface area contributed by atoms with E-state index in [0.29, 0.717) is 29.3 Å². The van der Waals surface area contributed by atoms with E-state index in [0.717, 1.165) is 77.5 Å². The molecule has 0 radical (unpaired) electrons. The van der Waals surface area contributed by atoms with Crippen LogP contribution in [0.5, 0.6) is 5.75 Å². The molecular weight excluding hydrogens is 496 g/mol. The van der Waals surface area contributed by atoms with Gasteiger partial charge < -0.3 is 5.11 Å². The predicted octanol–water partition coefficient (Wildman–Crippen LogP) is 7.55. The molecule has 39 heavy (non-hydrogen) atoms. The lowest BCUT2D eigenvalue weighted by atomic mass is 9.55. The zero-order valence-corrected chi connectivity index (χ0v) is 24.8. The summed E-state index contributed by atoms with van der Waals surface area (Å²) in [7, 11) is -1.93. The fourth-order valence-electron chi connectivity index (χ4n) is 9.20. The van der Waals surface area contributed by atoms with E-state index in [4.69, 9.17) is 0 Å². The van der Waals surface area contributed by atoms with Crippen LogP contribution in [0, 0.1) is 24.2 Å². The Morgan fingerprint density at radius 3 is 2.36 bits per heavy atom. The Balaban J connectivity index is 1.43. The molecule has 0 amide bonds. The first kappa shape index (κ1) is 25.0. The average Bonchev–Trinajstić information content (AvgIpc) is 3.36. The number of hydrogen-bond donors (Lipinski definition) is 1. The van der Waals surface area contributed by atoms with Crippen LogP contribution in [-0.2, 0) is 11.2 Å². The molecule has 0 spiro atoms. The van der Waals surface area contributed by atoms with Crippen molar-refractivity contribution in [2.45, 2.75) is 77.9 Å². The van der Waals surface area contributed by atoms with Gasteiger partial charge in [0.1, 0.15) is 11.5 Å². The van der Waals surface area contributed by atoms with Gasteiger partial charge in [-0.1, -0.05) is 56.9 Å². The van der Waals surface area contributed by atoms with Crippen LogP contribution in [-0.4, -0.2) is 24.7 Å². The van der Waals surface area contributed by atoms with Crippen molar-refractivity contribution >= 4 is 24.8 Å². The van der Waals surface area contributed by atoms with E-state index in [1.807, 2.05) is 24.3 Å². The monoisotopic (exact) mass is 534 g/mol. The minimum absolute atomic E-state index is 0.138. The van der Waals surface area contributed by atoms with Crippen molar-refractivity contribution in [2.75, 3.05) is 0 Å². The number of phenols is 1. The Morgan fingerprint density at radius 2 is 1.62 bits per heavy atom. The van der Waals surface area contributed by atoms with Gasteiger partial charge in [-0.25, -0.2) is 0 Å². The zero-order chi connectivity index (χ0) is 27.4. The van der Waals surface area contributed by atoms with Crippen LogP contribution in [0.25, 0.3) is 22.3 Å². The van der Waals surface area contributed by atoms with Crippen molar-refractivity contribution < 1.29 is 14.7 Å². The molecule has 3 nitrogen and oxygen atoms in total. The maximum absolute atomic E-state index is 13.7. The van der Waals surface area contributed by atoms with Gasteiger partial charge in [0.2, 0.25) is 0 Å². The van der Waals surface area contributed by atoms with Gasteiger partial charge in [-0.2, -0.15) is 0 Å². The Labute approximate surface area is 232 Å². The lowest BCUT2D eigenvalue weighted by molar-refractivity contribution is -0.129. The number of carbonyl (C=O) groups excluding carboxylic acids is 2. The minimum Gasteiger partial charge on any atom is -0.507 e. The third-order valence-electron chi connectivity index (χ3n) is 10.9. The van der Waals surface area contributed by atoms with Gasteiger partial charge >= 0.3 is 0 Å². The van der Waals surface area contributed by atoms with E-state index in [1.165, 1.54) is 16.3 Å². The fraction of sp³-hybridized carbons (Fsp3) is 0.429. The number of hydrogen-bond acceptors (Lipinski definition) is 3. The Hall–Kier alpha value is -2.98. The van der Waals surface area contributed by atoms with Gasteiger partial charge in [0.05, 0.1) is 8.07 Å². The maximum Gasteiger partial charge on any atom is 0.194 e. The third kappa shape index (κ3) is 3.33. The first-order chi connectivity index (χ1) is 18.5. The lowest BCUT2D eigenvalue weighted by Crippen LogP contribution is -2.43. The summed E-state index contributed by atoms with van der Waals surface area (Å²) in [4.78, 5) is 26.5. The van der Waals surface area contributed by atoms with E-state index in [9.17, 15) is 14.7 Å². The summed E-state index contributed by atoms with van der Waals surface area (Å²) in [6.07, 6.45) is 5.80. The fourth-order valence-corrected chi connectivity index (χ4v) is 11.5. The van der Waals surface area contributed by atoms with Gasteiger partial charge in [0.25, 0.3) is 0 Å². The molecule has 200 valence electrons. The van der Waals surface area contributed by atoms with E-state index in [1.54, 1.807) is 0 Å². The number of aromatic hydroxyl groups is 1. The largest absolute Gasteiger partial charge is 0.507 e. The van der Waals surface area contributed by atoms with Crippen LogP contribution in [0.15, 0.2) is 42.5 Å². The zero-order valence-electron chi connectivity index (χ0n) is 23.8. The second-order valence-corrected chi connectivity index (χ2v) is 18.8. The molecule has 0 aromatic heterocycles. The van der Waals surface area contributed by atoms with Gasteiger partial charge in [0, 0.05) is 28.5 Å². The first-order valence-corrected chi connectivity index (χ1v) is 18.2. The summed E-state index contributed by atoms with van der Waals surface area (Å²) in [6, 6.07) is 14.3. The molecule has 0 aliphatic heterocycles. The summed E-state index contributed by atoms with van der Waals surface area (Å²) in [5.74, 6) is 2.44. The average molecular weight is 535 g/mol. The quantitative estimate of drug-likeness (QED) is 0.270. The highest BCUT2D eigenvalue weighted by molar-refractivity contribution is 6.90. The molecule has 2 fully saturated rings. The molecule has 7 rings (SSSR count). The molecule has 0 heterocycles. The van der Waals surface area contributed by atoms with Crippen molar-refractivity contribution in [3.05, 3.63) is 70.3 Å². The molecule has 2 saturated carbocycles. The molecule has 4 aliphatic rings. The smallest absolute Gasteiger partial charge is 0.194 e. The number of ketones is 2. The van der Waals surface area contributed by atoms with Crippen LogP contribution in [0.1, 0.15) is 77.6 Å². The van der Waals surface area contributed by atoms with E-state index >= 15 is 0 Å². The highest BCUT2D eigenvalue weighted by atomic mass is 28.3. The van der Waals surface area contributed by atoms with Gasteiger partial charge in [-0.3, -0.25) is 9.59 Å². The topological polar surface area (TPSA) is 54.4 Å². The van der Waals surface area contributed by atoms with E-state index in [-0.39, 0.29) is 11.2 Å². The lowest BCUT2D eigenvalue weighted by Gasteiger charge is -2.48. The van der Waals surface area contributed by atoms with Crippen molar-refractivity contribution in [3.8, 4) is 28.0 Å². The summed E-state index contributed by atoms with van der Waals surface area (Å²) in [5, 5.41) is 12.7. The van der Waals surface area contributed by atoms with Crippen LogP contribution in [0.2, 0.25) is 19.6 Å². The molecule has 3 aromatic rings. The molecule has 0 saturated heterocycles. The summed E-state index contributed by atoms with van der Waals surface area (Å²) >= 11 is 0. The van der Waals surface area contributed by atoms with Gasteiger partial charge in [-0.15, -0.1) is 0 Å². The van der Waals surface area contributed by atoms with E-state index < -0.39 is 8.07 Å². The molecular formula is C35H38O3Si. The minimum atomic E-state index is -1.93. The molecule has 1 N–H and O–H groups in total. The van der Waals surface area contributed by atoms with Crippen molar-refractivity contribution in [1.82, 2.24) is 0 Å². The Bertz CT molecular complexity index is 1590. The van der Waals surface area contributed by atoms with Gasteiger partial charge in [-0.05, 0) is 107 Å². The number of rotatable bonds is 2. The normalized spacial score (nSPS) is 27.1. The highest BCUT2D eigenvalue weighted by Crippen LogP contribution is 2.60. The number of carbonyl (C=O) groups is 2. The van der Waals surface area contributed by atoms with Crippen LogP contribution in [0.4, 0.5) is 0 Å². The van der Waals surface area contributed by atoms with Gasteiger partial charge in [0.15, 0.2) is 5.78 Å². The molecule has 3 aromatic carbocycles. The predicted molar refractivity (Wildman–Crippen MR) is 160 cm³/mol. The standard InChI is InChI=1S/C35H38O3Si/c1-19-26(18-27-20-8-6-7-9-25(20)33(38)32(27)34(19)39(3,4)5)31-24-11-10-23-22(21(24)12-14-29(31)36)16-17-35(2)28(23)13-15-30(35)37/h6-9,12,14,18,22-23,28,36H,10-11,13,15-17H2,1-5H3/t22-,23-,28+,35+/m1/s1. The number of Topliss-reactive ketones (excluding diaryl/α,β-unsaturated/α-hetero) is 1.